The lowest BCUT2D eigenvalue weighted by atomic mass is 9.77. The maximum absolute atomic E-state index is 12.3. The van der Waals surface area contributed by atoms with E-state index in [-0.39, 0.29) is 18.0 Å². The number of hydrogen-bond donors (Lipinski definition) is 1. The van der Waals surface area contributed by atoms with Crippen molar-refractivity contribution in [3.63, 3.8) is 0 Å². The van der Waals surface area contributed by atoms with E-state index in [0.717, 1.165) is 32.6 Å². The number of amides is 1. The van der Waals surface area contributed by atoms with Crippen LogP contribution in [0.3, 0.4) is 0 Å². The molecule has 2 heterocycles. The molecule has 2 fully saturated rings. The highest BCUT2D eigenvalue weighted by Crippen LogP contribution is 2.42. The zero-order chi connectivity index (χ0) is 15.7. The Morgan fingerprint density at radius 2 is 1.95 bits per heavy atom. The van der Waals surface area contributed by atoms with Crippen LogP contribution in [0.1, 0.15) is 25.8 Å². The number of carbonyl (C=O) groups excluding carboxylic acids is 1. The standard InChI is InChI=1S/C18H27N3O/c1-14(2)19-17(22)16-9-18(11-20(16)3)12-21(13-18)10-15-7-5-4-6-8-15/h4-8,14,16H,9-13H2,1-3H3,(H,19,22). The molecule has 2 aliphatic rings. The van der Waals surface area contributed by atoms with E-state index in [9.17, 15) is 4.79 Å². The molecular weight excluding hydrogens is 274 g/mol. The summed E-state index contributed by atoms with van der Waals surface area (Å²) in [5.74, 6) is 0.191. The third-order valence-corrected chi connectivity index (χ3v) is 4.84. The lowest BCUT2D eigenvalue weighted by molar-refractivity contribution is -0.125. The molecule has 1 atom stereocenters. The van der Waals surface area contributed by atoms with Gasteiger partial charge in [0.1, 0.15) is 0 Å². The minimum atomic E-state index is 0.0428. The van der Waals surface area contributed by atoms with Crippen LogP contribution in [0, 0.1) is 5.41 Å². The molecular formula is C18H27N3O. The van der Waals surface area contributed by atoms with Gasteiger partial charge in [-0.2, -0.15) is 0 Å². The molecule has 2 aliphatic heterocycles. The number of benzene rings is 1. The largest absolute Gasteiger partial charge is 0.353 e. The SMILES string of the molecule is CC(C)NC(=O)C1CC2(CN(Cc3ccccc3)C2)CN1C. The molecule has 4 heteroatoms. The van der Waals surface area contributed by atoms with Gasteiger partial charge >= 0.3 is 0 Å². The molecule has 1 unspecified atom stereocenters. The number of hydrogen-bond acceptors (Lipinski definition) is 3. The fourth-order valence-corrected chi connectivity index (χ4v) is 4.03. The van der Waals surface area contributed by atoms with Crippen molar-refractivity contribution < 1.29 is 4.79 Å². The second-order valence-electron chi connectivity index (χ2n) is 7.43. The Morgan fingerprint density at radius 3 is 2.59 bits per heavy atom. The van der Waals surface area contributed by atoms with E-state index in [1.165, 1.54) is 5.56 Å². The van der Waals surface area contributed by atoms with E-state index in [1.54, 1.807) is 0 Å². The van der Waals surface area contributed by atoms with Crippen molar-refractivity contribution in [3.8, 4) is 0 Å². The second-order valence-corrected chi connectivity index (χ2v) is 7.43. The van der Waals surface area contributed by atoms with Gasteiger partial charge in [0.15, 0.2) is 0 Å². The smallest absolute Gasteiger partial charge is 0.237 e. The third-order valence-electron chi connectivity index (χ3n) is 4.84. The molecule has 0 aromatic heterocycles. The van der Waals surface area contributed by atoms with Crippen molar-refractivity contribution in [3.05, 3.63) is 35.9 Å². The number of rotatable bonds is 4. The van der Waals surface area contributed by atoms with Gasteiger partial charge in [-0.1, -0.05) is 30.3 Å². The van der Waals surface area contributed by atoms with E-state index in [1.807, 2.05) is 13.8 Å². The molecule has 1 spiro atoms. The molecule has 4 nitrogen and oxygen atoms in total. The average Bonchev–Trinajstić information content (AvgIpc) is 2.77. The van der Waals surface area contributed by atoms with Crippen LogP contribution < -0.4 is 5.32 Å². The van der Waals surface area contributed by atoms with E-state index < -0.39 is 0 Å². The first-order valence-electron chi connectivity index (χ1n) is 8.24. The van der Waals surface area contributed by atoms with Gasteiger partial charge in [0.25, 0.3) is 0 Å². The average molecular weight is 301 g/mol. The molecule has 2 saturated heterocycles. The molecule has 3 rings (SSSR count). The van der Waals surface area contributed by atoms with Gasteiger partial charge in [-0.25, -0.2) is 0 Å². The van der Waals surface area contributed by atoms with Crippen molar-refractivity contribution in [2.45, 2.75) is 38.9 Å². The number of nitrogens with zero attached hydrogens (tertiary/aromatic N) is 2. The predicted molar refractivity (Wildman–Crippen MR) is 88.5 cm³/mol. The van der Waals surface area contributed by atoms with Crippen molar-refractivity contribution in [1.29, 1.82) is 0 Å². The first kappa shape index (κ1) is 15.5. The van der Waals surface area contributed by atoms with E-state index in [4.69, 9.17) is 0 Å². The van der Waals surface area contributed by atoms with Crippen LogP contribution in [-0.4, -0.2) is 54.5 Å². The summed E-state index contributed by atoms with van der Waals surface area (Å²) in [6.07, 6.45) is 0.993. The van der Waals surface area contributed by atoms with E-state index in [2.05, 4.69) is 52.5 Å². The molecule has 0 aliphatic carbocycles. The van der Waals surface area contributed by atoms with Gasteiger partial charge < -0.3 is 5.32 Å². The Kier molecular flexibility index (Phi) is 4.24. The van der Waals surface area contributed by atoms with Gasteiger partial charge in [0, 0.05) is 37.6 Å². The predicted octanol–water partition coefficient (Wildman–Crippen LogP) is 1.72. The molecule has 0 saturated carbocycles. The molecule has 22 heavy (non-hydrogen) atoms. The summed E-state index contributed by atoms with van der Waals surface area (Å²) < 4.78 is 0. The Hall–Kier alpha value is -1.39. The number of carbonyl (C=O) groups is 1. The zero-order valence-electron chi connectivity index (χ0n) is 13.9. The minimum absolute atomic E-state index is 0.0428. The van der Waals surface area contributed by atoms with Gasteiger partial charge in [-0.3, -0.25) is 14.6 Å². The quantitative estimate of drug-likeness (QED) is 0.920. The molecule has 1 N–H and O–H groups in total. The van der Waals surface area contributed by atoms with Crippen LogP contribution >= 0.6 is 0 Å². The Balaban J connectivity index is 1.54. The van der Waals surface area contributed by atoms with Crippen molar-refractivity contribution in [2.75, 3.05) is 26.7 Å². The van der Waals surface area contributed by atoms with Crippen molar-refractivity contribution >= 4 is 5.91 Å². The monoisotopic (exact) mass is 301 g/mol. The number of nitrogens with one attached hydrogen (secondary N) is 1. The first-order valence-corrected chi connectivity index (χ1v) is 8.24. The normalized spacial score (nSPS) is 24.6. The summed E-state index contributed by atoms with van der Waals surface area (Å²) in [7, 11) is 2.08. The third kappa shape index (κ3) is 3.18. The van der Waals surface area contributed by atoms with Crippen molar-refractivity contribution in [2.24, 2.45) is 5.41 Å². The van der Waals surface area contributed by atoms with Crippen LogP contribution in [-0.2, 0) is 11.3 Å². The Morgan fingerprint density at radius 1 is 1.27 bits per heavy atom. The lowest BCUT2D eigenvalue weighted by Crippen LogP contribution is -2.56. The van der Waals surface area contributed by atoms with Gasteiger partial charge in [-0.15, -0.1) is 0 Å². The second kappa shape index (κ2) is 6.01. The zero-order valence-corrected chi connectivity index (χ0v) is 13.9. The Bertz CT molecular complexity index is 522. The van der Waals surface area contributed by atoms with E-state index in [0.29, 0.717) is 5.41 Å². The molecule has 1 amide bonds. The summed E-state index contributed by atoms with van der Waals surface area (Å²) in [4.78, 5) is 17.0. The highest BCUT2D eigenvalue weighted by Gasteiger charge is 2.51. The summed E-state index contributed by atoms with van der Waals surface area (Å²) in [6.45, 7) is 8.32. The fraction of sp³-hybridized carbons (Fsp3) is 0.611. The minimum Gasteiger partial charge on any atom is -0.353 e. The molecule has 0 bridgehead atoms. The van der Waals surface area contributed by atoms with Crippen LogP contribution in [0.4, 0.5) is 0 Å². The van der Waals surface area contributed by atoms with E-state index >= 15 is 0 Å². The molecule has 120 valence electrons. The lowest BCUT2D eigenvalue weighted by Gasteiger charge is -2.48. The van der Waals surface area contributed by atoms with Crippen LogP contribution in [0.5, 0.6) is 0 Å². The maximum Gasteiger partial charge on any atom is 0.237 e. The summed E-state index contributed by atoms with van der Waals surface area (Å²) in [6, 6.07) is 10.9. The Labute approximate surface area is 133 Å². The maximum atomic E-state index is 12.3. The number of likely N-dealkylation sites (N-methyl/N-ethyl adjacent to an activating group) is 1. The van der Waals surface area contributed by atoms with Gasteiger partial charge in [0.05, 0.1) is 6.04 Å². The van der Waals surface area contributed by atoms with Gasteiger partial charge in [0.2, 0.25) is 5.91 Å². The summed E-state index contributed by atoms with van der Waals surface area (Å²) in [5.41, 5.74) is 1.69. The molecule has 1 aromatic carbocycles. The summed E-state index contributed by atoms with van der Waals surface area (Å²) in [5, 5.41) is 3.06. The molecule has 0 radical (unpaired) electrons. The molecule has 1 aromatic rings. The van der Waals surface area contributed by atoms with Crippen molar-refractivity contribution in [1.82, 2.24) is 15.1 Å². The first-order chi connectivity index (χ1) is 10.5. The van der Waals surface area contributed by atoms with Gasteiger partial charge in [-0.05, 0) is 32.9 Å². The highest BCUT2D eigenvalue weighted by atomic mass is 16.2. The summed E-state index contributed by atoms with van der Waals surface area (Å²) >= 11 is 0. The van der Waals surface area contributed by atoms with Crippen LogP contribution in [0.25, 0.3) is 0 Å². The number of likely N-dealkylation sites (tertiary alicyclic amines) is 2. The topological polar surface area (TPSA) is 35.6 Å². The van der Waals surface area contributed by atoms with Crippen LogP contribution in [0.2, 0.25) is 0 Å². The van der Waals surface area contributed by atoms with Crippen LogP contribution in [0.15, 0.2) is 30.3 Å². The fourth-order valence-electron chi connectivity index (χ4n) is 4.03. The highest BCUT2D eigenvalue weighted by molar-refractivity contribution is 5.82.